The standard InChI is InChI=1S/C12H14N2O2/c1-6-8(5-13)9-10(12(9,3)4)11(6)14-16-7(2)15/h9-10H,1-4H3/b14-11-/t9-,10-/m0/s1. The van der Waals surface area contributed by atoms with E-state index < -0.39 is 5.97 Å². The Labute approximate surface area is 94.6 Å². The highest BCUT2D eigenvalue weighted by molar-refractivity contribution is 6.09. The molecule has 0 amide bonds. The van der Waals surface area contributed by atoms with Crippen molar-refractivity contribution in [3.63, 3.8) is 0 Å². The zero-order chi connectivity index (χ0) is 12.1. The van der Waals surface area contributed by atoms with Crippen LogP contribution in [0.2, 0.25) is 0 Å². The summed E-state index contributed by atoms with van der Waals surface area (Å²) in [5.41, 5.74) is 2.50. The Kier molecular flexibility index (Phi) is 2.16. The van der Waals surface area contributed by atoms with Crippen molar-refractivity contribution in [1.82, 2.24) is 0 Å². The maximum atomic E-state index is 10.7. The van der Waals surface area contributed by atoms with E-state index in [1.807, 2.05) is 6.92 Å². The quantitative estimate of drug-likeness (QED) is 0.499. The highest BCUT2D eigenvalue weighted by Crippen LogP contribution is 2.67. The van der Waals surface area contributed by atoms with Crippen molar-refractivity contribution in [2.75, 3.05) is 0 Å². The van der Waals surface area contributed by atoms with Crippen molar-refractivity contribution >= 4 is 11.7 Å². The highest BCUT2D eigenvalue weighted by atomic mass is 16.7. The number of nitrogens with zero attached hydrogens (tertiary/aromatic N) is 2. The van der Waals surface area contributed by atoms with E-state index in [9.17, 15) is 4.79 Å². The summed E-state index contributed by atoms with van der Waals surface area (Å²) in [6, 6.07) is 2.24. The SMILES string of the molecule is CC(=O)O/N=C1/C(C)=C(C#N)[C@H]2[C@@H]1C2(C)C. The molecule has 1 saturated carbocycles. The van der Waals surface area contributed by atoms with Crippen LogP contribution in [-0.4, -0.2) is 11.7 Å². The molecular weight excluding hydrogens is 204 g/mol. The summed E-state index contributed by atoms with van der Waals surface area (Å²) < 4.78 is 0. The number of nitriles is 1. The predicted molar refractivity (Wildman–Crippen MR) is 58.3 cm³/mol. The van der Waals surface area contributed by atoms with Crippen LogP contribution in [0.25, 0.3) is 0 Å². The van der Waals surface area contributed by atoms with Gasteiger partial charge in [0.1, 0.15) is 0 Å². The fourth-order valence-corrected chi connectivity index (χ4v) is 2.68. The Morgan fingerprint density at radius 2 is 2.12 bits per heavy atom. The molecule has 16 heavy (non-hydrogen) atoms. The minimum atomic E-state index is -0.430. The molecule has 4 heteroatoms. The molecule has 2 atom stereocenters. The molecular formula is C12H14N2O2. The minimum absolute atomic E-state index is 0.0730. The summed E-state index contributed by atoms with van der Waals surface area (Å²) >= 11 is 0. The third-order valence-corrected chi connectivity index (χ3v) is 3.61. The van der Waals surface area contributed by atoms with Crippen LogP contribution in [-0.2, 0) is 9.63 Å². The van der Waals surface area contributed by atoms with Crippen LogP contribution in [0.15, 0.2) is 16.3 Å². The lowest BCUT2D eigenvalue weighted by atomic mass is 9.95. The van der Waals surface area contributed by atoms with Gasteiger partial charge in [0.05, 0.1) is 11.8 Å². The van der Waals surface area contributed by atoms with Crippen molar-refractivity contribution in [2.45, 2.75) is 27.7 Å². The van der Waals surface area contributed by atoms with Gasteiger partial charge in [0.25, 0.3) is 0 Å². The van der Waals surface area contributed by atoms with Gasteiger partial charge in [0.2, 0.25) is 0 Å². The normalized spacial score (nSPS) is 32.3. The molecule has 0 aromatic rings. The molecule has 0 radical (unpaired) electrons. The lowest BCUT2D eigenvalue weighted by Crippen LogP contribution is -2.10. The van der Waals surface area contributed by atoms with Crippen LogP contribution < -0.4 is 0 Å². The number of hydrogen-bond donors (Lipinski definition) is 0. The van der Waals surface area contributed by atoms with Crippen LogP contribution in [0.1, 0.15) is 27.7 Å². The van der Waals surface area contributed by atoms with Crippen molar-refractivity contribution < 1.29 is 9.63 Å². The third-order valence-electron chi connectivity index (χ3n) is 3.61. The maximum Gasteiger partial charge on any atom is 0.331 e. The van der Waals surface area contributed by atoms with Gasteiger partial charge >= 0.3 is 5.97 Å². The average Bonchev–Trinajstić information content (AvgIpc) is 2.61. The summed E-state index contributed by atoms with van der Waals surface area (Å²) in [7, 11) is 0. The lowest BCUT2D eigenvalue weighted by Gasteiger charge is -2.10. The monoisotopic (exact) mass is 218 g/mol. The van der Waals surface area contributed by atoms with E-state index in [1.165, 1.54) is 6.92 Å². The van der Waals surface area contributed by atoms with Crippen molar-refractivity contribution in [1.29, 1.82) is 5.26 Å². The second-order valence-electron chi connectivity index (χ2n) is 4.99. The molecule has 0 spiro atoms. The zero-order valence-electron chi connectivity index (χ0n) is 9.87. The second kappa shape index (κ2) is 3.18. The van der Waals surface area contributed by atoms with Crippen LogP contribution in [0.3, 0.4) is 0 Å². The number of allylic oxidation sites excluding steroid dienone is 2. The third kappa shape index (κ3) is 1.28. The zero-order valence-corrected chi connectivity index (χ0v) is 9.87. The summed E-state index contributed by atoms with van der Waals surface area (Å²) in [5.74, 6) is 0.0639. The van der Waals surface area contributed by atoms with Crippen LogP contribution in [0.4, 0.5) is 0 Å². The number of oxime groups is 1. The number of hydrogen-bond acceptors (Lipinski definition) is 4. The fraction of sp³-hybridized carbons (Fsp3) is 0.583. The first-order chi connectivity index (χ1) is 7.41. The van der Waals surface area contributed by atoms with Gasteiger partial charge in [-0.3, -0.25) is 0 Å². The summed E-state index contributed by atoms with van der Waals surface area (Å²) in [5, 5.41) is 13.0. The molecule has 2 aliphatic rings. The molecule has 0 aromatic heterocycles. The molecule has 0 N–H and O–H groups in total. The topological polar surface area (TPSA) is 62.4 Å². The number of carbonyl (C=O) groups is 1. The van der Waals surface area contributed by atoms with Crippen LogP contribution >= 0.6 is 0 Å². The van der Waals surface area contributed by atoms with Gasteiger partial charge in [-0.25, -0.2) is 4.79 Å². The number of fused-ring (bicyclic) bond motifs is 1. The van der Waals surface area contributed by atoms with Crippen LogP contribution in [0, 0.1) is 28.6 Å². The molecule has 0 unspecified atom stereocenters. The van der Waals surface area contributed by atoms with Crippen LogP contribution in [0.5, 0.6) is 0 Å². The molecule has 0 aliphatic heterocycles. The Morgan fingerprint density at radius 3 is 2.56 bits per heavy atom. The van der Waals surface area contributed by atoms with Crippen molar-refractivity contribution in [3.8, 4) is 6.07 Å². The van der Waals surface area contributed by atoms with E-state index in [0.717, 1.165) is 16.9 Å². The van der Waals surface area contributed by atoms with Gasteiger partial charge in [0.15, 0.2) is 0 Å². The smallest absolute Gasteiger partial charge is 0.318 e. The van der Waals surface area contributed by atoms with Gasteiger partial charge < -0.3 is 4.84 Å². The first-order valence-corrected chi connectivity index (χ1v) is 5.28. The van der Waals surface area contributed by atoms with Gasteiger partial charge in [-0.15, -0.1) is 0 Å². The first kappa shape index (κ1) is 10.9. The molecule has 84 valence electrons. The van der Waals surface area contributed by atoms with Gasteiger partial charge in [-0.2, -0.15) is 5.26 Å². The Bertz CT molecular complexity index is 466. The lowest BCUT2D eigenvalue weighted by molar-refractivity contribution is -0.140. The molecule has 0 saturated heterocycles. The first-order valence-electron chi connectivity index (χ1n) is 5.28. The van der Waals surface area contributed by atoms with Gasteiger partial charge in [0, 0.05) is 24.3 Å². The molecule has 0 bridgehead atoms. The molecule has 2 aliphatic carbocycles. The average molecular weight is 218 g/mol. The van der Waals surface area contributed by atoms with E-state index in [4.69, 9.17) is 5.26 Å². The summed E-state index contributed by atoms with van der Waals surface area (Å²) in [4.78, 5) is 15.4. The van der Waals surface area contributed by atoms with Crippen molar-refractivity contribution in [3.05, 3.63) is 11.1 Å². The minimum Gasteiger partial charge on any atom is -0.318 e. The van der Waals surface area contributed by atoms with E-state index in [1.54, 1.807) is 0 Å². The number of carbonyl (C=O) groups excluding carboxylic acids is 1. The molecule has 0 heterocycles. The second-order valence-corrected chi connectivity index (χ2v) is 4.99. The summed E-state index contributed by atoms with van der Waals surface area (Å²) in [6.07, 6.45) is 0. The Morgan fingerprint density at radius 1 is 1.50 bits per heavy atom. The van der Waals surface area contributed by atoms with E-state index in [2.05, 4.69) is 29.9 Å². The molecule has 1 fully saturated rings. The van der Waals surface area contributed by atoms with Gasteiger partial charge in [-0.1, -0.05) is 19.0 Å². The van der Waals surface area contributed by atoms with E-state index >= 15 is 0 Å². The molecule has 4 nitrogen and oxygen atoms in total. The molecule has 0 aromatic carbocycles. The maximum absolute atomic E-state index is 10.7. The fourth-order valence-electron chi connectivity index (χ4n) is 2.68. The molecule has 2 rings (SSSR count). The van der Waals surface area contributed by atoms with Gasteiger partial charge in [-0.05, 0) is 17.9 Å². The number of rotatable bonds is 1. The predicted octanol–water partition coefficient (Wildman–Crippen LogP) is 2.03. The Hall–Kier alpha value is -1.63. The van der Waals surface area contributed by atoms with E-state index in [-0.39, 0.29) is 17.3 Å². The largest absolute Gasteiger partial charge is 0.331 e. The summed E-state index contributed by atoms with van der Waals surface area (Å²) in [6.45, 7) is 7.40. The Balaban J connectivity index is 2.35. The van der Waals surface area contributed by atoms with E-state index in [0.29, 0.717) is 0 Å². The highest BCUT2D eigenvalue weighted by Gasteiger charge is 2.66. The van der Waals surface area contributed by atoms with Crippen molar-refractivity contribution in [2.24, 2.45) is 22.4 Å².